The molecule has 0 saturated heterocycles. The molecule has 0 radical (unpaired) electrons. The topological polar surface area (TPSA) is 99.1 Å². The third-order valence-corrected chi connectivity index (χ3v) is 7.69. The first-order valence-corrected chi connectivity index (χ1v) is 13.7. The quantitative estimate of drug-likeness (QED) is 0.344. The fourth-order valence-corrected chi connectivity index (χ4v) is 5.78. The van der Waals surface area contributed by atoms with Crippen LogP contribution in [0.2, 0.25) is 0 Å². The van der Waals surface area contributed by atoms with Crippen LogP contribution in [0.3, 0.4) is 0 Å². The predicted octanol–water partition coefficient (Wildman–Crippen LogP) is 4.48. The number of hydrogen-bond acceptors (Lipinski definition) is 5. The highest BCUT2D eigenvalue weighted by Crippen LogP contribution is 2.31. The Bertz CT molecular complexity index is 1860. The molecule has 1 unspecified atom stereocenters. The van der Waals surface area contributed by atoms with E-state index in [-0.39, 0.29) is 17.5 Å². The molecular weight excluding hydrogens is 502 g/mol. The SMILES string of the molecule is Cc1nn2cccnc2c1C(=O)NC(C)c1cc2cccc(C#Cc3cnn(C)c3)c2c(=O)n1C1CCCCC1. The molecule has 9 nitrogen and oxygen atoms in total. The maximum absolute atomic E-state index is 14.3. The van der Waals surface area contributed by atoms with Crippen LogP contribution in [0.25, 0.3) is 16.4 Å². The molecule has 202 valence electrons. The molecule has 1 atom stereocenters. The molecule has 4 heterocycles. The molecule has 0 bridgehead atoms. The van der Waals surface area contributed by atoms with Gasteiger partial charge in [0, 0.05) is 42.9 Å². The van der Waals surface area contributed by atoms with Gasteiger partial charge in [-0.05, 0) is 50.3 Å². The van der Waals surface area contributed by atoms with Crippen LogP contribution < -0.4 is 10.9 Å². The summed E-state index contributed by atoms with van der Waals surface area (Å²) in [6.45, 7) is 3.73. The molecular formula is C31H31N7O2. The number of benzene rings is 1. The van der Waals surface area contributed by atoms with Crippen LogP contribution in [-0.4, -0.2) is 34.9 Å². The summed E-state index contributed by atoms with van der Waals surface area (Å²) in [7, 11) is 1.85. The third kappa shape index (κ3) is 4.66. The first kappa shape index (κ1) is 25.6. The second kappa shape index (κ2) is 10.5. The summed E-state index contributed by atoms with van der Waals surface area (Å²) in [6, 6.07) is 9.21. The van der Waals surface area contributed by atoms with Crippen LogP contribution in [0.5, 0.6) is 0 Å². The van der Waals surface area contributed by atoms with Crippen LogP contribution in [-0.2, 0) is 7.05 Å². The molecule has 1 N–H and O–H groups in total. The maximum Gasteiger partial charge on any atom is 0.260 e. The minimum Gasteiger partial charge on any atom is -0.344 e. The molecule has 5 aromatic rings. The Hall–Kier alpha value is -4.71. The lowest BCUT2D eigenvalue weighted by atomic mass is 9.93. The molecule has 1 saturated carbocycles. The van der Waals surface area contributed by atoms with Gasteiger partial charge < -0.3 is 9.88 Å². The van der Waals surface area contributed by atoms with Crippen molar-refractivity contribution >= 4 is 22.3 Å². The summed E-state index contributed by atoms with van der Waals surface area (Å²) in [5.74, 6) is 6.09. The number of hydrogen-bond donors (Lipinski definition) is 1. The molecule has 0 spiro atoms. The van der Waals surface area contributed by atoms with E-state index < -0.39 is 6.04 Å². The number of carbonyl (C=O) groups excluding carboxylic acids is 1. The standard InChI is InChI=1S/C31H31N7O2/c1-20(34-30(39)27-21(2)35-37-16-8-15-32-29(27)37)26-17-24-10-7-9-23(14-13-22-18-33-36(3)19-22)28(24)31(40)38(26)25-11-5-4-6-12-25/h7-10,15-20,25H,4-6,11-12H2,1-3H3,(H,34,39). The molecule has 9 heteroatoms. The normalized spacial score (nSPS) is 14.7. The Labute approximate surface area is 231 Å². The average molecular weight is 534 g/mol. The smallest absolute Gasteiger partial charge is 0.260 e. The molecule has 1 aromatic carbocycles. The van der Waals surface area contributed by atoms with E-state index in [0.29, 0.717) is 27.9 Å². The van der Waals surface area contributed by atoms with Gasteiger partial charge in [-0.1, -0.05) is 43.2 Å². The Morgan fingerprint density at radius 2 is 1.98 bits per heavy atom. The Morgan fingerprint density at radius 1 is 1.15 bits per heavy atom. The van der Waals surface area contributed by atoms with Crippen molar-refractivity contribution in [3.63, 3.8) is 0 Å². The van der Waals surface area contributed by atoms with E-state index in [1.165, 1.54) is 6.42 Å². The summed E-state index contributed by atoms with van der Waals surface area (Å²) in [4.78, 5) is 32.2. The van der Waals surface area contributed by atoms with Crippen LogP contribution >= 0.6 is 0 Å². The maximum atomic E-state index is 14.3. The van der Waals surface area contributed by atoms with Gasteiger partial charge in [0.25, 0.3) is 11.5 Å². The number of aryl methyl sites for hydroxylation is 2. The van der Waals surface area contributed by atoms with Crippen molar-refractivity contribution in [3.05, 3.63) is 93.6 Å². The Balaban J connectivity index is 1.44. The highest BCUT2D eigenvalue weighted by Gasteiger charge is 2.26. The van der Waals surface area contributed by atoms with Gasteiger partial charge in [0.2, 0.25) is 0 Å². The Morgan fingerprint density at radius 3 is 2.75 bits per heavy atom. The van der Waals surface area contributed by atoms with Crippen molar-refractivity contribution in [2.45, 2.75) is 58.0 Å². The van der Waals surface area contributed by atoms with Crippen molar-refractivity contribution in [3.8, 4) is 11.8 Å². The van der Waals surface area contributed by atoms with Gasteiger partial charge in [-0.2, -0.15) is 10.2 Å². The first-order valence-electron chi connectivity index (χ1n) is 13.7. The summed E-state index contributed by atoms with van der Waals surface area (Å²) in [5, 5.41) is 13.2. The molecule has 1 aliphatic carbocycles. The zero-order valence-electron chi connectivity index (χ0n) is 22.9. The van der Waals surface area contributed by atoms with Gasteiger partial charge in [0.05, 0.1) is 28.9 Å². The van der Waals surface area contributed by atoms with E-state index in [2.05, 4.69) is 32.3 Å². The third-order valence-electron chi connectivity index (χ3n) is 7.69. The molecule has 1 amide bonds. The van der Waals surface area contributed by atoms with Gasteiger partial charge in [-0.25, -0.2) is 9.50 Å². The minimum absolute atomic E-state index is 0.0644. The Kier molecular flexibility index (Phi) is 6.68. The molecule has 1 fully saturated rings. The number of carbonyl (C=O) groups is 1. The lowest BCUT2D eigenvalue weighted by Gasteiger charge is -2.29. The molecule has 4 aromatic heterocycles. The summed E-state index contributed by atoms with van der Waals surface area (Å²) in [5.41, 5.74) is 3.74. The van der Waals surface area contributed by atoms with Gasteiger partial charge in [-0.3, -0.25) is 14.3 Å². The van der Waals surface area contributed by atoms with Crippen molar-refractivity contribution in [1.82, 2.24) is 34.3 Å². The second-order valence-corrected chi connectivity index (χ2v) is 10.5. The molecule has 40 heavy (non-hydrogen) atoms. The fraction of sp³-hybridized carbons (Fsp3) is 0.323. The van der Waals surface area contributed by atoms with Crippen molar-refractivity contribution in [1.29, 1.82) is 0 Å². The van der Waals surface area contributed by atoms with E-state index in [0.717, 1.165) is 42.3 Å². The van der Waals surface area contributed by atoms with Gasteiger partial charge >= 0.3 is 0 Å². The monoisotopic (exact) mass is 533 g/mol. The number of nitrogens with zero attached hydrogens (tertiary/aromatic N) is 6. The van der Waals surface area contributed by atoms with Crippen molar-refractivity contribution in [2.24, 2.45) is 7.05 Å². The average Bonchev–Trinajstić information content (AvgIpc) is 3.53. The molecule has 0 aliphatic heterocycles. The number of nitrogens with one attached hydrogen (secondary N) is 1. The number of rotatable bonds is 4. The lowest BCUT2D eigenvalue weighted by Crippen LogP contribution is -2.35. The van der Waals surface area contributed by atoms with Gasteiger partial charge in [-0.15, -0.1) is 0 Å². The number of fused-ring (bicyclic) bond motifs is 2. The van der Waals surface area contributed by atoms with Crippen LogP contribution in [0.4, 0.5) is 0 Å². The summed E-state index contributed by atoms with van der Waals surface area (Å²) < 4.78 is 5.23. The van der Waals surface area contributed by atoms with Crippen LogP contribution in [0, 0.1) is 18.8 Å². The van der Waals surface area contributed by atoms with E-state index in [1.807, 2.05) is 49.0 Å². The fourth-order valence-electron chi connectivity index (χ4n) is 5.78. The number of aromatic nitrogens is 6. The minimum atomic E-state index is -0.422. The number of pyridine rings is 1. The summed E-state index contributed by atoms with van der Waals surface area (Å²) >= 11 is 0. The predicted molar refractivity (Wildman–Crippen MR) is 153 cm³/mol. The van der Waals surface area contributed by atoms with Crippen LogP contribution in [0.1, 0.15) is 84.0 Å². The van der Waals surface area contributed by atoms with E-state index in [9.17, 15) is 9.59 Å². The lowest BCUT2D eigenvalue weighted by molar-refractivity contribution is 0.0938. The molecule has 6 rings (SSSR count). The van der Waals surface area contributed by atoms with E-state index >= 15 is 0 Å². The van der Waals surface area contributed by atoms with Gasteiger partial charge in [0.1, 0.15) is 5.56 Å². The largest absolute Gasteiger partial charge is 0.344 e. The highest BCUT2D eigenvalue weighted by molar-refractivity contribution is 6.01. The summed E-state index contributed by atoms with van der Waals surface area (Å²) in [6.07, 6.45) is 12.2. The van der Waals surface area contributed by atoms with Crippen molar-refractivity contribution in [2.75, 3.05) is 0 Å². The van der Waals surface area contributed by atoms with Crippen LogP contribution in [0.15, 0.2) is 59.9 Å². The zero-order chi connectivity index (χ0) is 27.8. The first-order chi connectivity index (χ1) is 19.4. The van der Waals surface area contributed by atoms with E-state index in [1.54, 1.807) is 40.8 Å². The molecule has 1 aliphatic rings. The number of amides is 1. The highest BCUT2D eigenvalue weighted by atomic mass is 16.2. The zero-order valence-corrected chi connectivity index (χ0v) is 22.9. The van der Waals surface area contributed by atoms with E-state index in [4.69, 9.17) is 0 Å². The second-order valence-electron chi connectivity index (χ2n) is 10.5. The van der Waals surface area contributed by atoms with Crippen molar-refractivity contribution < 1.29 is 4.79 Å². The van der Waals surface area contributed by atoms with Gasteiger partial charge in [0.15, 0.2) is 5.65 Å².